The van der Waals surface area contributed by atoms with Gasteiger partial charge < -0.3 is 15.8 Å². The van der Waals surface area contributed by atoms with Gasteiger partial charge in [-0.25, -0.2) is 4.98 Å². The van der Waals surface area contributed by atoms with E-state index in [1.54, 1.807) is 13.3 Å². The number of pyridine rings is 1. The third-order valence-corrected chi connectivity index (χ3v) is 2.79. The summed E-state index contributed by atoms with van der Waals surface area (Å²) in [6.07, 6.45) is 5.10. The average molecular weight is 207 g/mol. The molecule has 1 aliphatic carbocycles. The number of aromatic nitrogens is 1. The van der Waals surface area contributed by atoms with E-state index in [1.165, 1.54) is 0 Å². The molecule has 4 heteroatoms. The molecule has 1 aromatic heterocycles. The van der Waals surface area contributed by atoms with Gasteiger partial charge in [0.25, 0.3) is 0 Å². The summed E-state index contributed by atoms with van der Waals surface area (Å²) in [5.74, 6) is 0.642. The molecule has 0 saturated heterocycles. The van der Waals surface area contributed by atoms with E-state index in [0.29, 0.717) is 18.0 Å². The second-order valence-electron chi connectivity index (χ2n) is 4.00. The van der Waals surface area contributed by atoms with Gasteiger partial charge in [-0.15, -0.1) is 0 Å². The number of methoxy groups -OCH3 is 1. The van der Waals surface area contributed by atoms with Crippen LogP contribution in [0, 0.1) is 0 Å². The number of nitrogens with one attached hydrogen (secondary N) is 1. The lowest BCUT2D eigenvalue weighted by atomic mass is 10.2. The Labute approximate surface area is 89.8 Å². The molecule has 82 valence electrons. The molecule has 2 unspecified atom stereocenters. The molecular formula is C11H17N3O. The predicted octanol–water partition coefficient (Wildman–Crippen LogP) is 1.38. The topological polar surface area (TPSA) is 60.2 Å². The summed E-state index contributed by atoms with van der Waals surface area (Å²) in [5, 5.41) is 3.42. The van der Waals surface area contributed by atoms with Crippen LogP contribution in [0.5, 0.6) is 5.88 Å². The van der Waals surface area contributed by atoms with E-state index in [2.05, 4.69) is 10.3 Å². The highest BCUT2D eigenvalue weighted by molar-refractivity contribution is 5.43. The van der Waals surface area contributed by atoms with Crippen molar-refractivity contribution in [3.63, 3.8) is 0 Å². The van der Waals surface area contributed by atoms with E-state index >= 15 is 0 Å². The van der Waals surface area contributed by atoms with E-state index in [1.807, 2.05) is 12.1 Å². The van der Waals surface area contributed by atoms with E-state index in [9.17, 15) is 0 Å². The molecule has 0 aliphatic heterocycles. The Balaban J connectivity index is 1.93. The van der Waals surface area contributed by atoms with Crippen molar-refractivity contribution in [2.75, 3.05) is 12.4 Å². The normalized spacial score (nSPS) is 25.2. The Bertz CT molecular complexity index is 312. The molecule has 1 fully saturated rings. The molecule has 2 atom stereocenters. The molecule has 1 saturated carbocycles. The predicted molar refractivity (Wildman–Crippen MR) is 60.0 cm³/mol. The monoisotopic (exact) mass is 207 g/mol. The van der Waals surface area contributed by atoms with Crippen LogP contribution < -0.4 is 15.8 Å². The summed E-state index contributed by atoms with van der Waals surface area (Å²) >= 11 is 0. The third kappa shape index (κ3) is 2.59. The number of nitrogens with two attached hydrogens (primary N) is 1. The highest BCUT2D eigenvalue weighted by Gasteiger charge is 2.21. The van der Waals surface area contributed by atoms with E-state index in [0.717, 1.165) is 24.9 Å². The van der Waals surface area contributed by atoms with Gasteiger partial charge >= 0.3 is 0 Å². The summed E-state index contributed by atoms with van der Waals surface area (Å²) in [7, 11) is 1.62. The molecule has 4 nitrogen and oxygen atoms in total. The Morgan fingerprint density at radius 3 is 2.87 bits per heavy atom. The van der Waals surface area contributed by atoms with Crippen LogP contribution in [0.25, 0.3) is 0 Å². The van der Waals surface area contributed by atoms with E-state index in [4.69, 9.17) is 10.5 Å². The highest BCUT2D eigenvalue weighted by atomic mass is 16.5. The SMILES string of the molecule is COc1ccc(NC2CCC(N)C2)cn1. The average Bonchev–Trinajstić information content (AvgIpc) is 2.65. The number of rotatable bonds is 3. The van der Waals surface area contributed by atoms with Crippen LogP contribution in [0.1, 0.15) is 19.3 Å². The minimum absolute atomic E-state index is 0.355. The van der Waals surface area contributed by atoms with Crippen LogP contribution in [-0.4, -0.2) is 24.2 Å². The molecule has 2 rings (SSSR count). The Hall–Kier alpha value is -1.29. The molecule has 0 aromatic carbocycles. The molecule has 3 N–H and O–H groups in total. The maximum atomic E-state index is 5.85. The maximum Gasteiger partial charge on any atom is 0.213 e. The number of nitrogens with zero attached hydrogens (tertiary/aromatic N) is 1. The fourth-order valence-corrected chi connectivity index (χ4v) is 1.97. The van der Waals surface area contributed by atoms with Crippen LogP contribution in [0.2, 0.25) is 0 Å². The second-order valence-corrected chi connectivity index (χ2v) is 4.00. The fraction of sp³-hybridized carbons (Fsp3) is 0.545. The van der Waals surface area contributed by atoms with Crippen LogP contribution >= 0.6 is 0 Å². The van der Waals surface area contributed by atoms with Crippen molar-refractivity contribution in [3.8, 4) is 5.88 Å². The van der Waals surface area contributed by atoms with Crippen LogP contribution in [0.3, 0.4) is 0 Å². The van der Waals surface area contributed by atoms with Crippen molar-refractivity contribution >= 4 is 5.69 Å². The van der Waals surface area contributed by atoms with E-state index in [-0.39, 0.29) is 0 Å². The zero-order valence-electron chi connectivity index (χ0n) is 8.94. The molecule has 0 radical (unpaired) electrons. The standard InChI is InChI=1S/C11H17N3O/c1-15-11-5-4-10(7-13-11)14-9-3-2-8(12)6-9/h4-5,7-9,14H,2-3,6,12H2,1H3. The van der Waals surface area contributed by atoms with Crippen molar-refractivity contribution in [1.82, 2.24) is 4.98 Å². The first-order valence-electron chi connectivity index (χ1n) is 5.30. The Kier molecular flexibility index (Phi) is 3.06. The summed E-state index contributed by atoms with van der Waals surface area (Å²) in [5.41, 5.74) is 6.89. The summed E-state index contributed by atoms with van der Waals surface area (Å²) in [6, 6.07) is 4.69. The van der Waals surface area contributed by atoms with Gasteiger partial charge in [-0.1, -0.05) is 0 Å². The van der Waals surface area contributed by atoms with Gasteiger partial charge in [0.1, 0.15) is 0 Å². The molecular weight excluding hydrogens is 190 g/mol. The van der Waals surface area contributed by atoms with Gasteiger partial charge in [0.2, 0.25) is 5.88 Å². The minimum Gasteiger partial charge on any atom is -0.481 e. The van der Waals surface area contributed by atoms with Gasteiger partial charge in [0.15, 0.2) is 0 Å². The first-order chi connectivity index (χ1) is 7.28. The third-order valence-electron chi connectivity index (χ3n) is 2.79. The number of ether oxygens (including phenoxy) is 1. The van der Waals surface area contributed by atoms with Gasteiger partial charge in [0.05, 0.1) is 19.0 Å². The molecule has 0 spiro atoms. The lowest BCUT2D eigenvalue weighted by Gasteiger charge is -2.13. The summed E-state index contributed by atoms with van der Waals surface area (Å²) in [4.78, 5) is 4.14. The smallest absolute Gasteiger partial charge is 0.213 e. The molecule has 15 heavy (non-hydrogen) atoms. The van der Waals surface area contributed by atoms with Crippen molar-refractivity contribution in [2.24, 2.45) is 5.73 Å². The van der Waals surface area contributed by atoms with Crippen LogP contribution in [0.15, 0.2) is 18.3 Å². The van der Waals surface area contributed by atoms with Gasteiger partial charge in [0, 0.05) is 18.2 Å². The largest absolute Gasteiger partial charge is 0.481 e. The van der Waals surface area contributed by atoms with E-state index < -0.39 is 0 Å². The number of hydrogen-bond acceptors (Lipinski definition) is 4. The minimum atomic E-state index is 0.355. The molecule has 1 aliphatic rings. The quantitative estimate of drug-likeness (QED) is 0.786. The first-order valence-corrected chi connectivity index (χ1v) is 5.30. The summed E-state index contributed by atoms with van der Waals surface area (Å²) < 4.78 is 5.00. The van der Waals surface area contributed by atoms with Crippen molar-refractivity contribution in [2.45, 2.75) is 31.3 Å². The van der Waals surface area contributed by atoms with Gasteiger partial charge in [-0.05, 0) is 25.3 Å². The maximum absolute atomic E-state index is 5.85. The summed E-state index contributed by atoms with van der Waals surface area (Å²) in [6.45, 7) is 0. The van der Waals surface area contributed by atoms with Crippen LogP contribution in [-0.2, 0) is 0 Å². The van der Waals surface area contributed by atoms with Crippen molar-refractivity contribution in [1.29, 1.82) is 0 Å². The van der Waals surface area contributed by atoms with Gasteiger partial charge in [-0.2, -0.15) is 0 Å². The zero-order valence-corrected chi connectivity index (χ0v) is 8.94. The Morgan fingerprint density at radius 1 is 1.47 bits per heavy atom. The fourth-order valence-electron chi connectivity index (χ4n) is 1.97. The molecule has 1 aromatic rings. The second kappa shape index (κ2) is 4.49. The first kappa shape index (κ1) is 10.2. The van der Waals surface area contributed by atoms with Crippen molar-refractivity contribution in [3.05, 3.63) is 18.3 Å². The molecule has 0 amide bonds. The van der Waals surface area contributed by atoms with Crippen molar-refractivity contribution < 1.29 is 4.74 Å². The zero-order chi connectivity index (χ0) is 10.7. The lowest BCUT2D eigenvalue weighted by molar-refractivity contribution is 0.398. The highest BCUT2D eigenvalue weighted by Crippen LogP contribution is 2.21. The molecule has 0 bridgehead atoms. The van der Waals surface area contributed by atoms with Gasteiger partial charge in [-0.3, -0.25) is 0 Å². The number of anilines is 1. The lowest BCUT2D eigenvalue weighted by Crippen LogP contribution is -2.20. The van der Waals surface area contributed by atoms with Crippen LogP contribution in [0.4, 0.5) is 5.69 Å². The molecule has 1 heterocycles. The number of hydrogen-bond donors (Lipinski definition) is 2. The Morgan fingerprint density at radius 2 is 2.33 bits per heavy atom.